The van der Waals surface area contributed by atoms with Gasteiger partial charge in [-0.15, -0.1) is 0 Å². The summed E-state index contributed by atoms with van der Waals surface area (Å²) in [5, 5.41) is 9.24. The third-order valence-corrected chi connectivity index (χ3v) is 2.89. The van der Waals surface area contributed by atoms with Crippen molar-refractivity contribution in [1.82, 2.24) is 0 Å². The van der Waals surface area contributed by atoms with Gasteiger partial charge in [-0.2, -0.15) is 0 Å². The van der Waals surface area contributed by atoms with E-state index >= 15 is 0 Å². The lowest BCUT2D eigenvalue weighted by Crippen LogP contribution is -2.03. The van der Waals surface area contributed by atoms with Crippen molar-refractivity contribution in [2.24, 2.45) is 0 Å². The Hall–Kier alpha value is -2.56. The van der Waals surface area contributed by atoms with Gasteiger partial charge in [0.2, 0.25) is 0 Å². The van der Waals surface area contributed by atoms with Crippen LogP contribution in [0.5, 0.6) is 11.5 Å². The molecular weight excluding hydrogens is 263 g/mol. The number of rotatable bonds is 4. The maximum absolute atomic E-state index is 12.9. The first-order valence-electron chi connectivity index (χ1n) is 5.82. The van der Waals surface area contributed by atoms with E-state index in [-0.39, 0.29) is 17.1 Å². The van der Waals surface area contributed by atoms with Crippen LogP contribution in [0, 0.1) is 5.82 Å². The molecule has 0 aliphatic heterocycles. The van der Waals surface area contributed by atoms with Gasteiger partial charge in [0.1, 0.15) is 11.4 Å². The first-order chi connectivity index (χ1) is 9.56. The van der Waals surface area contributed by atoms with E-state index in [1.54, 1.807) is 18.2 Å². The highest BCUT2D eigenvalue weighted by Gasteiger charge is 2.18. The van der Waals surface area contributed by atoms with E-state index in [9.17, 15) is 14.3 Å². The van der Waals surface area contributed by atoms with Crippen molar-refractivity contribution < 1.29 is 23.8 Å². The van der Waals surface area contributed by atoms with Crippen molar-refractivity contribution in [3.8, 4) is 22.6 Å². The van der Waals surface area contributed by atoms with E-state index in [0.29, 0.717) is 16.9 Å². The number of carboxylic acid groups (broad SMARTS) is 1. The lowest BCUT2D eigenvalue weighted by atomic mass is 10.0. The summed E-state index contributed by atoms with van der Waals surface area (Å²) in [5.74, 6) is -1.01. The van der Waals surface area contributed by atoms with Crippen LogP contribution in [0.4, 0.5) is 4.39 Å². The van der Waals surface area contributed by atoms with E-state index in [4.69, 9.17) is 9.47 Å². The predicted octanol–water partition coefficient (Wildman–Crippen LogP) is 3.21. The minimum Gasteiger partial charge on any atom is -0.493 e. The lowest BCUT2D eigenvalue weighted by molar-refractivity contribution is 0.0692. The molecule has 0 saturated heterocycles. The summed E-state index contributed by atoms with van der Waals surface area (Å²) in [6.07, 6.45) is 0. The number of carbonyl (C=O) groups is 1. The van der Waals surface area contributed by atoms with Gasteiger partial charge in [-0.1, -0.05) is 12.1 Å². The molecule has 0 saturated carbocycles. The van der Waals surface area contributed by atoms with Gasteiger partial charge in [0.25, 0.3) is 0 Å². The van der Waals surface area contributed by atoms with E-state index in [2.05, 4.69) is 0 Å². The number of halogens is 1. The lowest BCUT2D eigenvalue weighted by Gasteiger charge is -2.13. The smallest absolute Gasteiger partial charge is 0.339 e. The Labute approximate surface area is 115 Å². The van der Waals surface area contributed by atoms with Gasteiger partial charge in [-0.05, 0) is 35.4 Å². The molecule has 0 aliphatic rings. The second-order valence-corrected chi connectivity index (χ2v) is 4.07. The topological polar surface area (TPSA) is 55.8 Å². The first-order valence-corrected chi connectivity index (χ1v) is 5.82. The monoisotopic (exact) mass is 276 g/mol. The van der Waals surface area contributed by atoms with Crippen LogP contribution in [0.1, 0.15) is 10.4 Å². The molecular formula is C15H13FO4. The molecule has 2 rings (SSSR count). The Morgan fingerprint density at radius 3 is 2.20 bits per heavy atom. The fraction of sp³-hybridized carbons (Fsp3) is 0.133. The molecule has 0 radical (unpaired) electrons. The Morgan fingerprint density at radius 1 is 1.05 bits per heavy atom. The van der Waals surface area contributed by atoms with Gasteiger partial charge in [-0.3, -0.25) is 0 Å². The van der Waals surface area contributed by atoms with Crippen molar-refractivity contribution in [1.29, 1.82) is 0 Å². The van der Waals surface area contributed by atoms with E-state index < -0.39 is 5.97 Å². The number of aromatic carboxylic acids is 1. The second kappa shape index (κ2) is 5.61. The largest absolute Gasteiger partial charge is 0.493 e. The zero-order valence-corrected chi connectivity index (χ0v) is 11.0. The van der Waals surface area contributed by atoms with E-state index in [1.807, 2.05) is 0 Å². The Balaban J connectivity index is 2.63. The van der Waals surface area contributed by atoms with E-state index in [1.165, 1.54) is 32.4 Å². The number of methoxy groups -OCH3 is 2. The second-order valence-electron chi connectivity index (χ2n) is 4.07. The molecule has 2 aromatic rings. The van der Waals surface area contributed by atoms with Crippen LogP contribution >= 0.6 is 0 Å². The maximum Gasteiger partial charge on any atom is 0.339 e. The maximum atomic E-state index is 12.9. The summed E-state index contributed by atoms with van der Waals surface area (Å²) >= 11 is 0. The molecule has 104 valence electrons. The Morgan fingerprint density at radius 2 is 1.70 bits per heavy atom. The summed E-state index contributed by atoms with van der Waals surface area (Å²) in [6, 6.07) is 8.89. The summed E-state index contributed by atoms with van der Waals surface area (Å²) in [6.45, 7) is 0. The molecule has 5 heteroatoms. The van der Waals surface area contributed by atoms with Crippen LogP contribution < -0.4 is 9.47 Å². The minimum atomic E-state index is -1.12. The van der Waals surface area contributed by atoms with Crippen molar-refractivity contribution in [3.63, 3.8) is 0 Å². The zero-order chi connectivity index (χ0) is 14.7. The van der Waals surface area contributed by atoms with E-state index in [0.717, 1.165) is 0 Å². The van der Waals surface area contributed by atoms with Gasteiger partial charge >= 0.3 is 5.97 Å². The molecule has 0 heterocycles. The zero-order valence-electron chi connectivity index (χ0n) is 11.0. The Bertz CT molecular complexity index is 635. The molecule has 0 fully saturated rings. The van der Waals surface area contributed by atoms with Crippen LogP contribution in [0.15, 0.2) is 36.4 Å². The van der Waals surface area contributed by atoms with Crippen molar-refractivity contribution in [3.05, 3.63) is 47.8 Å². The summed E-state index contributed by atoms with van der Waals surface area (Å²) < 4.78 is 23.2. The minimum absolute atomic E-state index is 0.00817. The number of hydrogen-bond acceptors (Lipinski definition) is 3. The third-order valence-electron chi connectivity index (χ3n) is 2.89. The number of ether oxygens (including phenoxy) is 2. The summed E-state index contributed by atoms with van der Waals surface area (Å²) in [7, 11) is 2.81. The van der Waals surface area contributed by atoms with Gasteiger partial charge in [0.05, 0.1) is 14.2 Å². The highest BCUT2D eigenvalue weighted by molar-refractivity contribution is 5.94. The SMILES string of the molecule is COc1cc(-c2ccc(F)cc2)cc(C(=O)O)c1OC. The van der Waals surface area contributed by atoms with Crippen molar-refractivity contribution >= 4 is 5.97 Å². The quantitative estimate of drug-likeness (QED) is 0.931. The number of hydrogen-bond donors (Lipinski definition) is 1. The number of carboxylic acids is 1. The average molecular weight is 276 g/mol. The standard InChI is InChI=1S/C15H13FO4/c1-19-13-8-10(9-3-5-11(16)6-4-9)7-12(15(17)18)14(13)20-2/h3-8H,1-2H3,(H,17,18). The third kappa shape index (κ3) is 2.56. The van der Waals surface area contributed by atoms with Crippen LogP contribution in [-0.2, 0) is 0 Å². The summed E-state index contributed by atoms with van der Waals surface area (Å²) in [4.78, 5) is 11.3. The molecule has 0 atom stereocenters. The molecule has 1 N–H and O–H groups in total. The normalized spacial score (nSPS) is 10.2. The molecule has 0 amide bonds. The van der Waals surface area contributed by atoms with Gasteiger partial charge in [0.15, 0.2) is 11.5 Å². The van der Waals surface area contributed by atoms with Crippen LogP contribution in [-0.4, -0.2) is 25.3 Å². The van der Waals surface area contributed by atoms with Gasteiger partial charge in [0, 0.05) is 0 Å². The number of benzene rings is 2. The molecule has 0 spiro atoms. The molecule has 4 nitrogen and oxygen atoms in total. The average Bonchev–Trinajstić information content (AvgIpc) is 2.46. The van der Waals surface area contributed by atoms with Crippen molar-refractivity contribution in [2.45, 2.75) is 0 Å². The first kappa shape index (κ1) is 13.9. The molecule has 0 unspecified atom stereocenters. The van der Waals surface area contributed by atoms with Gasteiger partial charge in [-0.25, -0.2) is 9.18 Å². The highest BCUT2D eigenvalue weighted by Crippen LogP contribution is 2.36. The molecule has 2 aromatic carbocycles. The fourth-order valence-electron chi connectivity index (χ4n) is 1.93. The van der Waals surface area contributed by atoms with Crippen molar-refractivity contribution in [2.75, 3.05) is 14.2 Å². The molecule has 0 bridgehead atoms. The summed E-state index contributed by atoms with van der Waals surface area (Å²) in [5.41, 5.74) is 1.29. The fourth-order valence-corrected chi connectivity index (χ4v) is 1.93. The molecule has 0 aliphatic carbocycles. The Kier molecular flexibility index (Phi) is 3.89. The van der Waals surface area contributed by atoms with Gasteiger partial charge < -0.3 is 14.6 Å². The van der Waals surface area contributed by atoms with Crippen LogP contribution in [0.3, 0.4) is 0 Å². The molecule has 20 heavy (non-hydrogen) atoms. The molecule has 0 aromatic heterocycles. The predicted molar refractivity (Wildman–Crippen MR) is 71.9 cm³/mol. The highest BCUT2D eigenvalue weighted by atomic mass is 19.1. The van der Waals surface area contributed by atoms with Crippen LogP contribution in [0.2, 0.25) is 0 Å². The van der Waals surface area contributed by atoms with Crippen LogP contribution in [0.25, 0.3) is 11.1 Å².